The first-order valence-electron chi connectivity index (χ1n) is 2.58. The van der Waals surface area contributed by atoms with Gasteiger partial charge in [0, 0.05) is 12.8 Å². The lowest BCUT2D eigenvalue weighted by Gasteiger charge is -2.15. The van der Waals surface area contributed by atoms with Crippen molar-refractivity contribution in [3.05, 3.63) is 0 Å². The molecule has 1 aliphatic rings. The summed E-state index contributed by atoms with van der Waals surface area (Å²) in [5, 5.41) is 0. The van der Waals surface area contributed by atoms with Crippen molar-refractivity contribution < 1.29 is 9.11 Å². The molecule has 0 aromatic heterocycles. The summed E-state index contributed by atoms with van der Waals surface area (Å²) in [5.74, 6) is 1.29. The highest BCUT2D eigenvalue weighted by Crippen LogP contribution is 2.15. The van der Waals surface area contributed by atoms with Gasteiger partial charge in [-0.3, -0.25) is 0 Å². The van der Waals surface area contributed by atoms with Gasteiger partial charge in [0.1, 0.15) is 0 Å². The molecule has 1 aliphatic heterocycles. The van der Waals surface area contributed by atoms with E-state index in [1.165, 1.54) is 0 Å². The average molecular weight is 152 g/mol. The standard InChI is InChI=1S/C4H8O2S2/c5-7-3-1-2-4-8(7)6/h1-4H2. The highest BCUT2D eigenvalue weighted by Gasteiger charge is 2.28. The van der Waals surface area contributed by atoms with Gasteiger partial charge < -0.3 is 9.11 Å². The van der Waals surface area contributed by atoms with Crippen molar-refractivity contribution in [2.45, 2.75) is 12.8 Å². The van der Waals surface area contributed by atoms with Gasteiger partial charge in [-0.1, -0.05) is 0 Å². The summed E-state index contributed by atoms with van der Waals surface area (Å²) in [5.41, 5.74) is 0. The van der Waals surface area contributed by atoms with Crippen LogP contribution in [0.3, 0.4) is 0 Å². The average Bonchev–Trinajstić information content (AvgIpc) is 1.77. The SMILES string of the molecule is [O-][S+]1CCCC[S+]1[O-]. The molecule has 48 valence electrons. The molecule has 0 bridgehead atoms. The van der Waals surface area contributed by atoms with E-state index in [1.54, 1.807) is 0 Å². The Hall–Kier alpha value is 0.620. The first-order chi connectivity index (χ1) is 3.80. The zero-order valence-electron chi connectivity index (χ0n) is 4.46. The fraction of sp³-hybridized carbons (Fsp3) is 1.00. The van der Waals surface area contributed by atoms with Crippen LogP contribution >= 0.6 is 0 Å². The third-order valence-corrected chi connectivity index (χ3v) is 4.98. The molecule has 2 atom stereocenters. The smallest absolute Gasteiger partial charge is 0.170 e. The van der Waals surface area contributed by atoms with Crippen LogP contribution < -0.4 is 0 Å². The molecular weight excluding hydrogens is 144 g/mol. The molecule has 1 heterocycles. The molecular formula is C4H8O2S2. The summed E-state index contributed by atoms with van der Waals surface area (Å²) in [4.78, 5) is 0. The summed E-state index contributed by atoms with van der Waals surface area (Å²) in [7, 11) is -2.03. The van der Waals surface area contributed by atoms with E-state index in [0.29, 0.717) is 11.5 Å². The quantitative estimate of drug-likeness (QED) is 0.367. The van der Waals surface area contributed by atoms with Crippen LogP contribution in [0, 0.1) is 0 Å². The highest BCUT2D eigenvalue weighted by atomic mass is 33.2. The molecule has 0 saturated carbocycles. The van der Waals surface area contributed by atoms with Crippen molar-refractivity contribution >= 4 is 20.4 Å². The third-order valence-electron chi connectivity index (χ3n) is 1.08. The number of rotatable bonds is 0. The predicted molar refractivity (Wildman–Crippen MR) is 35.3 cm³/mol. The van der Waals surface area contributed by atoms with E-state index in [9.17, 15) is 9.11 Å². The molecule has 1 rings (SSSR count). The minimum absolute atomic E-state index is 0.645. The van der Waals surface area contributed by atoms with Crippen LogP contribution in [0.15, 0.2) is 0 Å². The van der Waals surface area contributed by atoms with Crippen LogP contribution in [0.4, 0.5) is 0 Å². The molecule has 0 radical (unpaired) electrons. The predicted octanol–water partition coefficient (Wildman–Crippen LogP) is 0.193. The normalized spacial score (nSPS) is 39.8. The van der Waals surface area contributed by atoms with E-state index in [2.05, 4.69) is 0 Å². The lowest BCUT2D eigenvalue weighted by Crippen LogP contribution is -2.26. The van der Waals surface area contributed by atoms with Crippen LogP contribution in [0.5, 0.6) is 0 Å². The number of hydrogen-bond donors (Lipinski definition) is 0. The Balaban J connectivity index is 2.28. The molecule has 0 amide bonds. The van der Waals surface area contributed by atoms with E-state index in [0.717, 1.165) is 12.8 Å². The zero-order valence-corrected chi connectivity index (χ0v) is 6.09. The molecule has 0 aliphatic carbocycles. The molecule has 2 nitrogen and oxygen atoms in total. The van der Waals surface area contributed by atoms with Crippen LogP contribution in [0.25, 0.3) is 0 Å². The van der Waals surface area contributed by atoms with E-state index < -0.39 is 20.4 Å². The van der Waals surface area contributed by atoms with Crippen LogP contribution in [0.1, 0.15) is 12.8 Å². The zero-order chi connectivity index (χ0) is 5.98. The van der Waals surface area contributed by atoms with Gasteiger partial charge in [0.25, 0.3) is 0 Å². The molecule has 0 spiro atoms. The van der Waals surface area contributed by atoms with Crippen molar-refractivity contribution in [2.24, 2.45) is 0 Å². The third kappa shape index (κ3) is 1.55. The van der Waals surface area contributed by atoms with E-state index in [-0.39, 0.29) is 0 Å². The highest BCUT2D eigenvalue weighted by molar-refractivity contribution is 8.67. The summed E-state index contributed by atoms with van der Waals surface area (Å²) in [6.07, 6.45) is 1.97. The second-order valence-corrected chi connectivity index (χ2v) is 5.99. The molecule has 0 N–H and O–H groups in total. The van der Waals surface area contributed by atoms with Crippen LogP contribution in [-0.2, 0) is 20.4 Å². The van der Waals surface area contributed by atoms with Crippen molar-refractivity contribution in [3.63, 3.8) is 0 Å². The minimum atomic E-state index is -1.01. The Bertz CT molecular complexity index is 68.4. The van der Waals surface area contributed by atoms with Gasteiger partial charge in [0.15, 0.2) is 31.9 Å². The summed E-state index contributed by atoms with van der Waals surface area (Å²) < 4.78 is 21.2. The van der Waals surface area contributed by atoms with E-state index >= 15 is 0 Å². The van der Waals surface area contributed by atoms with Crippen molar-refractivity contribution in [1.29, 1.82) is 0 Å². The van der Waals surface area contributed by atoms with Crippen molar-refractivity contribution in [1.82, 2.24) is 0 Å². The Labute approximate surface area is 54.4 Å². The lowest BCUT2D eigenvalue weighted by atomic mass is 10.4. The van der Waals surface area contributed by atoms with Gasteiger partial charge in [-0.05, 0) is 0 Å². The molecule has 4 heteroatoms. The molecule has 1 fully saturated rings. The van der Waals surface area contributed by atoms with E-state index in [1.807, 2.05) is 0 Å². The monoisotopic (exact) mass is 152 g/mol. The summed E-state index contributed by atoms with van der Waals surface area (Å²) >= 11 is 0. The Morgan fingerprint density at radius 3 is 1.50 bits per heavy atom. The summed E-state index contributed by atoms with van der Waals surface area (Å²) in [6, 6.07) is 0. The Morgan fingerprint density at radius 2 is 1.25 bits per heavy atom. The molecule has 8 heavy (non-hydrogen) atoms. The maximum Gasteiger partial charge on any atom is 0.170 e. The summed E-state index contributed by atoms with van der Waals surface area (Å²) in [6.45, 7) is 0. The lowest BCUT2D eigenvalue weighted by molar-refractivity contribution is 0.572. The fourth-order valence-corrected chi connectivity index (χ4v) is 3.70. The Morgan fingerprint density at radius 1 is 0.875 bits per heavy atom. The van der Waals surface area contributed by atoms with Gasteiger partial charge in [0.2, 0.25) is 0 Å². The fourth-order valence-electron chi connectivity index (χ4n) is 0.626. The number of hydrogen-bond acceptors (Lipinski definition) is 2. The second-order valence-electron chi connectivity index (χ2n) is 1.72. The molecule has 0 aromatic rings. The van der Waals surface area contributed by atoms with Crippen molar-refractivity contribution in [2.75, 3.05) is 11.5 Å². The first kappa shape index (κ1) is 6.74. The molecule has 1 saturated heterocycles. The topological polar surface area (TPSA) is 46.1 Å². The van der Waals surface area contributed by atoms with Gasteiger partial charge in [-0.2, -0.15) is 0 Å². The van der Waals surface area contributed by atoms with E-state index in [4.69, 9.17) is 0 Å². The van der Waals surface area contributed by atoms with Crippen LogP contribution in [-0.4, -0.2) is 20.6 Å². The van der Waals surface area contributed by atoms with Gasteiger partial charge in [0.05, 0.1) is 0 Å². The maximum absolute atomic E-state index is 10.6. The molecule has 0 aromatic carbocycles. The molecule has 2 unspecified atom stereocenters. The largest absolute Gasteiger partial charge is 0.571 e. The van der Waals surface area contributed by atoms with Gasteiger partial charge >= 0.3 is 0 Å². The first-order valence-corrected chi connectivity index (χ1v) is 5.73. The minimum Gasteiger partial charge on any atom is -0.571 e. The van der Waals surface area contributed by atoms with Gasteiger partial charge in [-0.25, -0.2) is 0 Å². The second kappa shape index (κ2) is 2.96. The van der Waals surface area contributed by atoms with Gasteiger partial charge in [-0.15, -0.1) is 0 Å². The van der Waals surface area contributed by atoms with Crippen molar-refractivity contribution in [3.8, 4) is 0 Å². The van der Waals surface area contributed by atoms with Crippen LogP contribution in [0.2, 0.25) is 0 Å². The maximum atomic E-state index is 10.6. The Kier molecular flexibility index (Phi) is 2.49.